The third-order valence-corrected chi connectivity index (χ3v) is 2.20. The van der Waals surface area contributed by atoms with Gasteiger partial charge in [0.25, 0.3) is 0 Å². The van der Waals surface area contributed by atoms with Crippen molar-refractivity contribution in [2.45, 2.75) is 6.92 Å². The number of ether oxygens (including phenoxy) is 1. The minimum Gasteiger partial charge on any atom is -0.449 e. The van der Waals surface area contributed by atoms with Crippen molar-refractivity contribution in [3.05, 3.63) is 34.1 Å². The average molecular weight is 275 g/mol. The van der Waals surface area contributed by atoms with Gasteiger partial charge in [0, 0.05) is 0 Å². The van der Waals surface area contributed by atoms with Gasteiger partial charge in [-0.05, 0) is 47.7 Å². The van der Waals surface area contributed by atoms with Gasteiger partial charge in [-0.25, -0.2) is 0 Å². The second-order valence-corrected chi connectivity index (χ2v) is 3.30. The van der Waals surface area contributed by atoms with E-state index in [-0.39, 0.29) is 0 Å². The lowest BCUT2D eigenvalue weighted by Crippen LogP contribution is -1.92. The van der Waals surface area contributed by atoms with Crippen molar-refractivity contribution >= 4 is 28.3 Å². The molecular formula is C9H10INO. The maximum absolute atomic E-state index is 5.67. The lowest BCUT2D eigenvalue weighted by Gasteiger charge is -2.05. The largest absolute Gasteiger partial charge is 0.449 e. The molecule has 0 aliphatic heterocycles. The summed E-state index contributed by atoms with van der Waals surface area (Å²) in [5, 5.41) is 0. The molecule has 0 amide bonds. The SMILES string of the molecule is C/C=C(/I)Oc1ccccc1N. The first kappa shape index (κ1) is 9.38. The molecular weight excluding hydrogens is 265 g/mol. The highest BCUT2D eigenvalue weighted by Crippen LogP contribution is 2.23. The quantitative estimate of drug-likeness (QED) is 0.511. The second kappa shape index (κ2) is 4.35. The first-order valence-corrected chi connectivity index (χ1v) is 4.66. The standard InChI is InChI=1S/C9H10INO/c1-2-9(10)12-8-6-4-3-5-7(8)11/h2-6H,11H2,1H3/b9-2-. The zero-order valence-corrected chi connectivity index (χ0v) is 8.91. The summed E-state index contributed by atoms with van der Waals surface area (Å²) >= 11 is 2.11. The molecule has 0 bridgehead atoms. The number of hydrogen-bond acceptors (Lipinski definition) is 2. The molecule has 0 unspecified atom stereocenters. The molecule has 0 aromatic heterocycles. The van der Waals surface area contributed by atoms with Crippen molar-refractivity contribution in [2.75, 3.05) is 5.73 Å². The molecule has 12 heavy (non-hydrogen) atoms. The zero-order valence-electron chi connectivity index (χ0n) is 6.75. The van der Waals surface area contributed by atoms with Crippen LogP contribution in [0.15, 0.2) is 34.1 Å². The molecule has 3 heteroatoms. The van der Waals surface area contributed by atoms with Crippen LogP contribution in [0.4, 0.5) is 5.69 Å². The summed E-state index contributed by atoms with van der Waals surface area (Å²) in [6.07, 6.45) is 1.88. The van der Waals surface area contributed by atoms with Crippen molar-refractivity contribution in [1.29, 1.82) is 0 Å². The van der Waals surface area contributed by atoms with Crippen molar-refractivity contribution in [3.63, 3.8) is 0 Å². The van der Waals surface area contributed by atoms with Crippen molar-refractivity contribution in [1.82, 2.24) is 0 Å². The Kier molecular flexibility index (Phi) is 3.40. The lowest BCUT2D eigenvalue weighted by atomic mass is 10.3. The minimum absolute atomic E-state index is 0.661. The van der Waals surface area contributed by atoms with Crippen LogP contribution in [0.2, 0.25) is 0 Å². The van der Waals surface area contributed by atoms with Gasteiger partial charge in [0.1, 0.15) is 0 Å². The Bertz CT molecular complexity index is 296. The van der Waals surface area contributed by atoms with E-state index < -0.39 is 0 Å². The number of halogens is 1. The predicted octanol–water partition coefficient (Wildman–Crippen LogP) is 2.94. The van der Waals surface area contributed by atoms with E-state index in [0.717, 1.165) is 3.77 Å². The average Bonchev–Trinajstić information content (AvgIpc) is 2.09. The highest BCUT2D eigenvalue weighted by Gasteiger charge is 1.98. The fraction of sp³-hybridized carbons (Fsp3) is 0.111. The van der Waals surface area contributed by atoms with Crippen molar-refractivity contribution < 1.29 is 4.74 Å². The fourth-order valence-electron chi connectivity index (χ4n) is 0.737. The molecule has 0 saturated carbocycles. The molecule has 2 nitrogen and oxygen atoms in total. The maximum Gasteiger partial charge on any atom is 0.160 e. The van der Waals surface area contributed by atoms with Gasteiger partial charge < -0.3 is 10.5 Å². The van der Waals surface area contributed by atoms with Gasteiger partial charge in [0.15, 0.2) is 9.52 Å². The Morgan fingerprint density at radius 3 is 2.75 bits per heavy atom. The predicted molar refractivity (Wildman–Crippen MR) is 59.3 cm³/mol. The van der Waals surface area contributed by atoms with Crippen LogP contribution in [0.5, 0.6) is 5.75 Å². The van der Waals surface area contributed by atoms with Gasteiger partial charge >= 0.3 is 0 Å². The number of allylic oxidation sites excluding steroid dienone is 1. The van der Waals surface area contributed by atoms with Crippen LogP contribution in [0, 0.1) is 0 Å². The zero-order chi connectivity index (χ0) is 8.97. The first-order valence-electron chi connectivity index (χ1n) is 3.58. The number of rotatable bonds is 2. The smallest absolute Gasteiger partial charge is 0.160 e. The van der Waals surface area contributed by atoms with E-state index in [4.69, 9.17) is 10.5 Å². The van der Waals surface area contributed by atoms with Gasteiger partial charge in [0.2, 0.25) is 0 Å². The number of hydrogen-bond donors (Lipinski definition) is 1. The molecule has 0 atom stereocenters. The summed E-state index contributed by atoms with van der Waals surface area (Å²) in [6, 6.07) is 7.43. The van der Waals surface area contributed by atoms with Crippen LogP contribution in [-0.4, -0.2) is 0 Å². The van der Waals surface area contributed by atoms with Crippen molar-refractivity contribution in [3.8, 4) is 5.75 Å². The molecule has 1 aromatic carbocycles. The van der Waals surface area contributed by atoms with Crippen LogP contribution in [0.3, 0.4) is 0 Å². The summed E-state index contributed by atoms with van der Waals surface area (Å²) < 4.78 is 6.24. The van der Waals surface area contributed by atoms with E-state index in [1.54, 1.807) is 0 Å². The normalized spacial score (nSPS) is 11.3. The lowest BCUT2D eigenvalue weighted by molar-refractivity contribution is 0.475. The molecule has 0 radical (unpaired) electrons. The molecule has 0 saturated heterocycles. The summed E-state index contributed by atoms with van der Waals surface area (Å²) in [4.78, 5) is 0. The summed E-state index contributed by atoms with van der Waals surface area (Å²) in [6.45, 7) is 1.92. The summed E-state index contributed by atoms with van der Waals surface area (Å²) in [5.74, 6) is 0.708. The van der Waals surface area contributed by atoms with Crippen LogP contribution in [-0.2, 0) is 0 Å². The Labute approximate surface area is 85.6 Å². The summed E-state index contributed by atoms with van der Waals surface area (Å²) in [7, 11) is 0. The number of para-hydroxylation sites is 2. The van der Waals surface area contributed by atoms with Crippen LogP contribution in [0.25, 0.3) is 0 Å². The Morgan fingerprint density at radius 2 is 2.17 bits per heavy atom. The molecule has 1 rings (SSSR count). The molecule has 0 aliphatic rings. The third-order valence-electron chi connectivity index (χ3n) is 1.35. The van der Waals surface area contributed by atoms with E-state index in [2.05, 4.69) is 22.6 Å². The minimum atomic E-state index is 0.661. The first-order chi connectivity index (χ1) is 5.74. The van der Waals surface area contributed by atoms with Crippen molar-refractivity contribution in [2.24, 2.45) is 0 Å². The van der Waals surface area contributed by atoms with Crippen LogP contribution in [0.1, 0.15) is 6.92 Å². The number of anilines is 1. The topological polar surface area (TPSA) is 35.2 Å². The van der Waals surface area contributed by atoms with Gasteiger partial charge in [-0.1, -0.05) is 12.1 Å². The molecule has 64 valence electrons. The van der Waals surface area contributed by atoms with E-state index in [1.807, 2.05) is 37.3 Å². The van der Waals surface area contributed by atoms with Gasteiger partial charge in [-0.15, -0.1) is 0 Å². The fourth-order valence-corrected chi connectivity index (χ4v) is 0.975. The Balaban J connectivity index is 2.82. The Morgan fingerprint density at radius 1 is 1.50 bits per heavy atom. The van der Waals surface area contributed by atoms with E-state index in [9.17, 15) is 0 Å². The van der Waals surface area contributed by atoms with E-state index in [1.165, 1.54) is 0 Å². The highest BCUT2D eigenvalue weighted by atomic mass is 127. The number of nitrogen functional groups attached to an aromatic ring is 1. The molecule has 0 spiro atoms. The maximum atomic E-state index is 5.67. The number of benzene rings is 1. The Hall–Kier alpha value is -0.710. The molecule has 2 N–H and O–H groups in total. The van der Waals surface area contributed by atoms with E-state index in [0.29, 0.717) is 11.4 Å². The second-order valence-electron chi connectivity index (χ2n) is 2.23. The molecule has 1 aromatic rings. The summed E-state index contributed by atoms with van der Waals surface area (Å²) in [5.41, 5.74) is 6.33. The third kappa shape index (κ3) is 2.41. The van der Waals surface area contributed by atoms with E-state index >= 15 is 0 Å². The molecule has 0 fully saturated rings. The van der Waals surface area contributed by atoms with Crippen LogP contribution < -0.4 is 10.5 Å². The van der Waals surface area contributed by atoms with Crippen LogP contribution >= 0.6 is 22.6 Å². The molecule has 0 aliphatic carbocycles. The van der Waals surface area contributed by atoms with Gasteiger partial charge in [-0.2, -0.15) is 0 Å². The molecule has 0 heterocycles. The highest BCUT2D eigenvalue weighted by molar-refractivity contribution is 14.1. The number of nitrogens with two attached hydrogens (primary N) is 1. The van der Waals surface area contributed by atoms with Gasteiger partial charge in [0.05, 0.1) is 5.69 Å². The van der Waals surface area contributed by atoms with Gasteiger partial charge in [-0.3, -0.25) is 0 Å². The monoisotopic (exact) mass is 275 g/mol.